The van der Waals surface area contributed by atoms with E-state index in [-0.39, 0.29) is 0 Å². The summed E-state index contributed by atoms with van der Waals surface area (Å²) >= 11 is 5.94. The van der Waals surface area contributed by atoms with E-state index in [0.29, 0.717) is 16.4 Å². The molecule has 4 nitrogen and oxygen atoms in total. The fourth-order valence-corrected chi connectivity index (χ4v) is 1.49. The fraction of sp³-hybridized carbons (Fsp3) is 0.250. The maximum absolute atomic E-state index is 5.94. The number of aromatic nitrogens is 3. The molecule has 0 unspecified atom stereocenters. The molecule has 2 N–H and O–H groups in total. The zero-order valence-corrected chi connectivity index (χ0v) is 7.91. The Labute approximate surface area is 80.3 Å². The van der Waals surface area contributed by atoms with E-state index in [1.54, 1.807) is 12.4 Å². The summed E-state index contributed by atoms with van der Waals surface area (Å²) in [5.41, 5.74) is 7.02. The maximum atomic E-state index is 5.94. The minimum Gasteiger partial charge on any atom is -0.384 e. The van der Waals surface area contributed by atoms with Crippen molar-refractivity contribution in [2.45, 2.75) is 13.5 Å². The summed E-state index contributed by atoms with van der Waals surface area (Å²) in [5, 5.41) is 0.551. The van der Waals surface area contributed by atoms with Gasteiger partial charge in [-0.05, 0) is 6.92 Å². The molecule has 2 rings (SSSR count). The van der Waals surface area contributed by atoms with Crippen LogP contribution in [0.3, 0.4) is 0 Å². The maximum Gasteiger partial charge on any atom is 0.163 e. The molecule has 0 aliphatic rings. The van der Waals surface area contributed by atoms with Gasteiger partial charge in [-0.3, -0.25) is 0 Å². The second kappa shape index (κ2) is 2.88. The molecule has 0 atom stereocenters. The zero-order valence-electron chi connectivity index (χ0n) is 7.16. The van der Waals surface area contributed by atoms with Crippen LogP contribution in [0.4, 0.5) is 5.82 Å². The molecule has 2 aromatic rings. The van der Waals surface area contributed by atoms with Gasteiger partial charge < -0.3 is 10.3 Å². The van der Waals surface area contributed by atoms with Gasteiger partial charge in [0.25, 0.3) is 0 Å². The van der Waals surface area contributed by atoms with Crippen LogP contribution in [0.5, 0.6) is 0 Å². The molecule has 0 amide bonds. The molecule has 2 heterocycles. The van der Waals surface area contributed by atoms with E-state index < -0.39 is 0 Å². The Kier molecular flexibility index (Phi) is 1.84. The van der Waals surface area contributed by atoms with Gasteiger partial charge in [0.1, 0.15) is 11.3 Å². The van der Waals surface area contributed by atoms with Gasteiger partial charge in [-0.15, -0.1) is 0 Å². The van der Waals surface area contributed by atoms with Crippen LogP contribution >= 0.6 is 11.6 Å². The number of hydrogen-bond acceptors (Lipinski definition) is 3. The topological polar surface area (TPSA) is 56.7 Å². The first-order valence-electron chi connectivity index (χ1n) is 3.99. The minimum absolute atomic E-state index is 0.424. The predicted octanol–water partition coefficient (Wildman–Crippen LogP) is 1.69. The third-order valence-corrected chi connectivity index (χ3v) is 2.17. The highest BCUT2D eigenvalue weighted by atomic mass is 35.5. The lowest BCUT2D eigenvalue weighted by Crippen LogP contribution is -1.96. The summed E-state index contributed by atoms with van der Waals surface area (Å²) in [5.74, 6) is 0.424. The first-order valence-corrected chi connectivity index (χ1v) is 4.37. The summed E-state index contributed by atoms with van der Waals surface area (Å²) in [4.78, 5) is 8.30. The number of halogens is 1. The molecular weight excluding hydrogens is 188 g/mol. The number of nitrogen functional groups attached to an aromatic ring is 1. The van der Waals surface area contributed by atoms with Crippen LogP contribution in [0.1, 0.15) is 6.92 Å². The van der Waals surface area contributed by atoms with Crippen LogP contribution in [0.2, 0.25) is 5.02 Å². The molecule has 0 aliphatic heterocycles. The third kappa shape index (κ3) is 1.23. The van der Waals surface area contributed by atoms with E-state index in [9.17, 15) is 0 Å². The molecule has 0 aromatic carbocycles. The largest absolute Gasteiger partial charge is 0.384 e. The van der Waals surface area contributed by atoms with Gasteiger partial charge in [-0.25, -0.2) is 9.97 Å². The van der Waals surface area contributed by atoms with Crippen molar-refractivity contribution in [3.05, 3.63) is 17.4 Å². The van der Waals surface area contributed by atoms with Crippen LogP contribution in [-0.2, 0) is 6.54 Å². The average Bonchev–Trinajstić information content (AvgIpc) is 2.47. The summed E-state index contributed by atoms with van der Waals surface area (Å²) in [6.45, 7) is 2.82. The number of pyridine rings is 1. The first-order chi connectivity index (χ1) is 6.22. The number of hydrogen-bond donors (Lipinski definition) is 1. The lowest BCUT2D eigenvalue weighted by atomic mass is 10.4. The van der Waals surface area contributed by atoms with E-state index in [0.717, 1.165) is 12.2 Å². The van der Waals surface area contributed by atoms with Crippen molar-refractivity contribution < 1.29 is 0 Å². The van der Waals surface area contributed by atoms with Gasteiger partial charge >= 0.3 is 0 Å². The van der Waals surface area contributed by atoms with Crippen LogP contribution in [-0.4, -0.2) is 14.5 Å². The smallest absolute Gasteiger partial charge is 0.163 e. The van der Waals surface area contributed by atoms with E-state index in [1.807, 2.05) is 11.5 Å². The van der Waals surface area contributed by atoms with Gasteiger partial charge in [0, 0.05) is 12.6 Å². The Morgan fingerprint density at radius 1 is 1.62 bits per heavy atom. The average molecular weight is 197 g/mol. The monoisotopic (exact) mass is 196 g/mol. The Bertz CT molecular complexity index is 449. The number of nitrogens with two attached hydrogens (primary N) is 1. The van der Waals surface area contributed by atoms with Gasteiger partial charge in [0.05, 0.1) is 11.3 Å². The quantitative estimate of drug-likeness (QED) is 0.755. The van der Waals surface area contributed by atoms with Crippen LogP contribution < -0.4 is 5.73 Å². The summed E-state index contributed by atoms with van der Waals surface area (Å²) in [6.07, 6.45) is 1.71. The normalized spacial score (nSPS) is 10.9. The van der Waals surface area contributed by atoms with Crippen molar-refractivity contribution >= 4 is 28.6 Å². The number of aryl methyl sites for hydroxylation is 1. The number of anilines is 1. The lowest BCUT2D eigenvalue weighted by Gasteiger charge is -1.99. The molecule has 0 fully saturated rings. The number of fused-ring (bicyclic) bond motifs is 1. The van der Waals surface area contributed by atoms with Crippen LogP contribution in [0, 0.1) is 0 Å². The first kappa shape index (κ1) is 8.31. The van der Waals surface area contributed by atoms with Crippen molar-refractivity contribution in [2.24, 2.45) is 0 Å². The minimum atomic E-state index is 0.424. The molecular formula is C8H9ClN4. The highest BCUT2D eigenvalue weighted by Gasteiger charge is 2.07. The van der Waals surface area contributed by atoms with Crippen molar-refractivity contribution in [3.8, 4) is 0 Å². The fourth-order valence-electron chi connectivity index (χ4n) is 1.25. The Hall–Kier alpha value is -1.29. The van der Waals surface area contributed by atoms with Crippen molar-refractivity contribution in [3.63, 3.8) is 0 Å². The van der Waals surface area contributed by atoms with E-state index in [4.69, 9.17) is 17.3 Å². The summed E-state index contributed by atoms with van der Waals surface area (Å²) in [6, 6.07) is 1.61. The molecule has 2 aromatic heterocycles. The lowest BCUT2D eigenvalue weighted by molar-refractivity contribution is 0.778. The highest BCUT2D eigenvalue weighted by Crippen LogP contribution is 2.22. The van der Waals surface area contributed by atoms with Crippen molar-refractivity contribution in [1.29, 1.82) is 0 Å². The standard InChI is InChI=1S/C8H9ClN4/c1-2-13-4-11-7-5(9)3-6(10)12-8(7)13/h3-4H,2H2,1H3,(H2,10,12). The predicted molar refractivity (Wildman–Crippen MR) is 52.6 cm³/mol. The molecule has 13 heavy (non-hydrogen) atoms. The Balaban J connectivity index is 2.82. The number of imidazole rings is 1. The second-order valence-corrected chi connectivity index (χ2v) is 3.14. The van der Waals surface area contributed by atoms with Crippen molar-refractivity contribution in [2.75, 3.05) is 5.73 Å². The molecule has 68 valence electrons. The van der Waals surface area contributed by atoms with Gasteiger partial charge in [-0.2, -0.15) is 0 Å². The van der Waals surface area contributed by atoms with Gasteiger partial charge in [0.15, 0.2) is 5.65 Å². The van der Waals surface area contributed by atoms with Crippen LogP contribution in [0.25, 0.3) is 11.2 Å². The molecule has 0 saturated carbocycles. The summed E-state index contributed by atoms with van der Waals surface area (Å²) < 4.78 is 1.90. The van der Waals surface area contributed by atoms with Gasteiger partial charge in [-0.1, -0.05) is 11.6 Å². The zero-order chi connectivity index (χ0) is 9.42. The SMILES string of the molecule is CCn1cnc2c(Cl)cc(N)nc21. The molecule has 0 spiro atoms. The van der Waals surface area contributed by atoms with E-state index >= 15 is 0 Å². The Morgan fingerprint density at radius 3 is 3.08 bits per heavy atom. The second-order valence-electron chi connectivity index (χ2n) is 2.73. The molecule has 0 saturated heterocycles. The third-order valence-electron chi connectivity index (χ3n) is 1.89. The van der Waals surface area contributed by atoms with E-state index in [2.05, 4.69) is 9.97 Å². The van der Waals surface area contributed by atoms with Crippen molar-refractivity contribution in [1.82, 2.24) is 14.5 Å². The molecule has 0 aliphatic carbocycles. The molecule has 0 bridgehead atoms. The molecule has 5 heteroatoms. The van der Waals surface area contributed by atoms with Crippen LogP contribution in [0.15, 0.2) is 12.4 Å². The van der Waals surface area contributed by atoms with Gasteiger partial charge in [0.2, 0.25) is 0 Å². The van der Waals surface area contributed by atoms with E-state index in [1.165, 1.54) is 0 Å². The number of rotatable bonds is 1. The molecule has 0 radical (unpaired) electrons. The summed E-state index contributed by atoms with van der Waals surface area (Å²) in [7, 11) is 0. The number of nitrogens with zero attached hydrogens (tertiary/aromatic N) is 3. The Morgan fingerprint density at radius 2 is 2.38 bits per heavy atom. The highest BCUT2D eigenvalue weighted by molar-refractivity contribution is 6.35.